The molecule has 0 fully saturated rings. The topological polar surface area (TPSA) is 57.8 Å². The Labute approximate surface area is 157 Å². The number of aryl methyl sites for hydroxylation is 2. The van der Waals surface area contributed by atoms with Crippen molar-refractivity contribution in [2.75, 3.05) is 5.32 Å². The first-order chi connectivity index (χ1) is 11.9. The van der Waals surface area contributed by atoms with Crippen LogP contribution in [0.4, 0.5) is 5.69 Å². The van der Waals surface area contributed by atoms with Crippen LogP contribution in [0, 0.1) is 32.1 Å². The van der Waals surface area contributed by atoms with E-state index < -0.39 is 5.91 Å². The van der Waals surface area contributed by atoms with Crippen molar-refractivity contribution in [3.63, 3.8) is 0 Å². The standard InChI is InChI=1S/C20H22BrN3O/c1-5-8-24-14(3)10-16(15(24)4)11-17(12-22)20(25)23-18-6-7-19(21)13(2)9-18/h6-7,9-11H,5,8H2,1-4H3,(H,23,25)/b17-11+. The van der Waals surface area contributed by atoms with Crippen molar-refractivity contribution in [1.82, 2.24) is 4.57 Å². The third kappa shape index (κ3) is 4.40. The van der Waals surface area contributed by atoms with E-state index in [2.05, 4.69) is 32.7 Å². The summed E-state index contributed by atoms with van der Waals surface area (Å²) in [5.74, 6) is -0.399. The minimum absolute atomic E-state index is 0.0947. The third-order valence-electron chi connectivity index (χ3n) is 4.14. The summed E-state index contributed by atoms with van der Waals surface area (Å²) in [6, 6.07) is 9.57. The molecule has 1 amide bonds. The molecule has 0 aliphatic carbocycles. The summed E-state index contributed by atoms with van der Waals surface area (Å²) in [7, 11) is 0. The van der Waals surface area contributed by atoms with E-state index in [1.165, 1.54) is 0 Å². The Morgan fingerprint density at radius 3 is 2.64 bits per heavy atom. The van der Waals surface area contributed by atoms with Gasteiger partial charge >= 0.3 is 0 Å². The highest BCUT2D eigenvalue weighted by molar-refractivity contribution is 9.10. The van der Waals surface area contributed by atoms with Gasteiger partial charge in [0.2, 0.25) is 0 Å². The first-order valence-corrected chi connectivity index (χ1v) is 9.02. The molecule has 130 valence electrons. The molecule has 5 heteroatoms. The first-order valence-electron chi connectivity index (χ1n) is 8.23. The van der Waals surface area contributed by atoms with Gasteiger partial charge in [0.15, 0.2) is 0 Å². The van der Waals surface area contributed by atoms with Crippen molar-refractivity contribution in [2.24, 2.45) is 0 Å². The number of carbonyl (C=O) groups is 1. The normalized spacial score (nSPS) is 11.3. The molecule has 0 saturated carbocycles. The van der Waals surface area contributed by atoms with Crippen LogP contribution in [-0.2, 0) is 11.3 Å². The fraction of sp³-hybridized carbons (Fsp3) is 0.300. The minimum atomic E-state index is -0.399. The highest BCUT2D eigenvalue weighted by atomic mass is 79.9. The number of hydrogen-bond acceptors (Lipinski definition) is 2. The second kappa shape index (κ2) is 8.17. The average Bonchev–Trinajstić information content (AvgIpc) is 2.83. The Balaban J connectivity index is 2.28. The van der Waals surface area contributed by atoms with Crippen LogP contribution in [0.3, 0.4) is 0 Å². The average molecular weight is 400 g/mol. The number of anilines is 1. The molecule has 2 aromatic rings. The predicted molar refractivity (Wildman–Crippen MR) is 105 cm³/mol. The lowest BCUT2D eigenvalue weighted by Crippen LogP contribution is -2.13. The van der Waals surface area contributed by atoms with E-state index in [1.807, 2.05) is 45.0 Å². The number of aromatic nitrogens is 1. The van der Waals surface area contributed by atoms with E-state index in [4.69, 9.17) is 0 Å². The van der Waals surface area contributed by atoms with Crippen LogP contribution in [0.5, 0.6) is 0 Å². The third-order valence-corrected chi connectivity index (χ3v) is 5.03. The van der Waals surface area contributed by atoms with Crippen molar-refractivity contribution >= 4 is 33.6 Å². The summed E-state index contributed by atoms with van der Waals surface area (Å²) in [6.45, 7) is 9.06. The number of nitrogens with zero attached hydrogens (tertiary/aromatic N) is 2. The van der Waals surface area contributed by atoms with Crippen molar-refractivity contribution in [1.29, 1.82) is 5.26 Å². The Kier molecular flexibility index (Phi) is 6.22. The van der Waals surface area contributed by atoms with Gasteiger partial charge in [-0.2, -0.15) is 5.26 Å². The summed E-state index contributed by atoms with van der Waals surface area (Å²) in [4.78, 5) is 12.5. The number of nitrogens with one attached hydrogen (secondary N) is 1. The van der Waals surface area contributed by atoms with Gasteiger partial charge in [0.1, 0.15) is 11.6 Å². The largest absolute Gasteiger partial charge is 0.349 e. The number of nitriles is 1. The van der Waals surface area contributed by atoms with Crippen molar-refractivity contribution < 1.29 is 4.79 Å². The fourth-order valence-electron chi connectivity index (χ4n) is 2.77. The van der Waals surface area contributed by atoms with Crippen LogP contribution in [0.2, 0.25) is 0 Å². The smallest absolute Gasteiger partial charge is 0.266 e. The van der Waals surface area contributed by atoms with E-state index in [0.29, 0.717) is 5.69 Å². The second-order valence-electron chi connectivity index (χ2n) is 6.07. The number of carbonyl (C=O) groups excluding carboxylic acids is 1. The number of rotatable bonds is 5. The zero-order valence-corrected chi connectivity index (χ0v) is 16.6. The van der Waals surface area contributed by atoms with E-state index in [1.54, 1.807) is 12.1 Å². The molecule has 4 nitrogen and oxygen atoms in total. The molecule has 1 aromatic heterocycles. The molecule has 0 aliphatic heterocycles. The van der Waals surface area contributed by atoms with Crippen LogP contribution < -0.4 is 5.32 Å². The molecule has 0 spiro atoms. The van der Waals surface area contributed by atoms with Gasteiger partial charge in [-0.05, 0) is 68.7 Å². The maximum Gasteiger partial charge on any atom is 0.266 e. The molecular weight excluding hydrogens is 378 g/mol. The van der Waals surface area contributed by atoms with Gasteiger partial charge in [-0.1, -0.05) is 22.9 Å². The summed E-state index contributed by atoms with van der Waals surface area (Å²) in [5.41, 5.74) is 4.89. The maximum atomic E-state index is 12.5. The monoisotopic (exact) mass is 399 g/mol. The Morgan fingerprint density at radius 1 is 1.32 bits per heavy atom. The van der Waals surface area contributed by atoms with Crippen LogP contribution in [-0.4, -0.2) is 10.5 Å². The molecule has 25 heavy (non-hydrogen) atoms. The van der Waals surface area contributed by atoms with Gasteiger partial charge in [0.05, 0.1) is 0 Å². The lowest BCUT2D eigenvalue weighted by molar-refractivity contribution is -0.112. The van der Waals surface area contributed by atoms with E-state index in [9.17, 15) is 10.1 Å². The van der Waals surface area contributed by atoms with Crippen molar-refractivity contribution in [3.8, 4) is 6.07 Å². The van der Waals surface area contributed by atoms with Crippen LogP contribution >= 0.6 is 15.9 Å². The Bertz CT molecular complexity index is 872. The van der Waals surface area contributed by atoms with Crippen LogP contribution in [0.1, 0.15) is 35.9 Å². The Hall–Kier alpha value is -2.32. The lowest BCUT2D eigenvalue weighted by Gasteiger charge is -2.08. The SMILES string of the molecule is CCCn1c(C)cc(/C=C(\C#N)C(=O)Nc2ccc(Br)c(C)c2)c1C. The minimum Gasteiger partial charge on any atom is -0.349 e. The number of benzene rings is 1. The molecular formula is C20H22BrN3O. The maximum absolute atomic E-state index is 12.5. The molecule has 1 heterocycles. The summed E-state index contributed by atoms with van der Waals surface area (Å²) >= 11 is 3.43. The number of halogens is 1. The van der Waals surface area contributed by atoms with Gasteiger partial charge in [-0.25, -0.2) is 0 Å². The predicted octanol–water partition coefficient (Wildman–Crippen LogP) is 5.13. The molecule has 0 bridgehead atoms. The zero-order chi connectivity index (χ0) is 18.6. The molecule has 0 radical (unpaired) electrons. The van der Waals surface area contributed by atoms with Gasteiger partial charge in [-0.3, -0.25) is 4.79 Å². The molecule has 0 saturated heterocycles. The summed E-state index contributed by atoms with van der Waals surface area (Å²) in [5, 5.41) is 12.2. The van der Waals surface area contributed by atoms with Gasteiger partial charge < -0.3 is 9.88 Å². The molecule has 0 aliphatic rings. The first kappa shape index (κ1) is 19.0. The van der Waals surface area contributed by atoms with Crippen molar-refractivity contribution in [3.05, 3.63) is 56.8 Å². The summed E-state index contributed by atoms with van der Waals surface area (Å²) in [6.07, 6.45) is 2.70. The van der Waals surface area contributed by atoms with Gasteiger partial charge in [-0.15, -0.1) is 0 Å². The number of hydrogen-bond donors (Lipinski definition) is 1. The quantitative estimate of drug-likeness (QED) is 0.559. The highest BCUT2D eigenvalue weighted by Gasteiger charge is 2.13. The molecule has 2 rings (SSSR count). The molecule has 0 atom stereocenters. The molecule has 1 aromatic carbocycles. The summed E-state index contributed by atoms with van der Waals surface area (Å²) < 4.78 is 3.18. The zero-order valence-electron chi connectivity index (χ0n) is 15.0. The van der Waals surface area contributed by atoms with Crippen LogP contribution in [0.25, 0.3) is 6.08 Å². The molecule has 1 N–H and O–H groups in total. The van der Waals surface area contributed by atoms with Crippen LogP contribution in [0.15, 0.2) is 34.3 Å². The van der Waals surface area contributed by atoms with Gasteiger partial charge in [0.25, 0.3) is 5.91 Å². The van der Waals surface area contributed by atoms with E-state index >= 15 is 0 Å². The lowest BCUT2D eigenvalue weighted by atomic mass is 10.1. The molecule has 0 unspecified atom stereocenters. The van der Waals surface area contributed by atoms with Crippen molar-refractivity contribution in [2.45, 2.75) is 40.7 Å². The fourth-order valence-corrected chi connectivity index (χ4v) is 3.01. The second-order valence-corrected chi connectivity index (χ2v) is 6.92. The highest BCUT2D eigenvalue weighted by Crippen LogP contribution is 2.22. The van der Waals surface area contributed by atoms with Gasteiger partial charge in [0, 0.05) is 28.1 Å². The van der Waals surface area contributed by atoms with E-state index in [-0.39, 0.29) is 5.57 Å². The van der Waals surface area contributed by atoms with E-state index in [0.717, 1.165) is 40.0 Å². The Morgan fingerprint density at radius 2 is 2.04 bits per heavy atom. The number of amides is 1.